The van der Waals surface area contributed by atoms with E-state index < -0.39 is 23.5 Å². The van der Waals surface area contributed by atoms with Gasteiger partial charge in [0.15, 0.2) is 10.6 Å². The Kier molecular flexibility index (Phi) is 6.25. The number of aromatic nitrogens is 1. The number of amides is 1. The van der Waals surface area contributed by atoms with Crippen molar-refractivity contribution >= 4 is 45.2 Å². The van der Waals surface area contributed by atoms with E-state index in [0.29, 0.717) is 5.56 Å². The molecule has 1 amide bonds. The molecule has 5 nitrogen and oxygen atoms in total. The normalized spacial score (nSPS) is 11.8. The SMILES string of the molecule is CCOC(=O)Cn1c(=NC(=O)c2ccc(SC)cc2)sc2cc(F)cc(F)c21. The van der Waals surface area contributed by atoms with E-state index in [0.717, 1.165) is 28.4 Å². The fourth-order valence-electron chi connectivity index (χ4n) is 2.58. The van der Waals surface area contributed by atoms with Gasteiger partial charge in [-0.3, -0.25) is 9.59 Å². The Morgan fingerprint density at radius 1 is 1.21 bits per heavy atom. The van der Waals surface area contributed by atoms with Crippen LogP contribution in [0.3, 0.4) is 0 Å². The van der Waals surface area contributed by atoms with Crippen LogP contribution in [0.1, 0.15) is 17.3 Å². The van der Waals surface area contributed by atoms with E-state index in [2.05, 4.69) is 4.99 Å². The third-order valence-electron chi connectivity index (χ3n) is 3.82. The van der Waals surface area contributed by atoms with Crippen LogP contribution in [0.2, 0.25) is 0 Å². The first-order chi connectivity index (χ1) is 13.4. The number of hydrogen-bond donors (Lipinski definition) is 0. The molecule has 0 aliphatic rings. The van der Waals surface area contributed by atoms with Crippen molar-refractivity contribution in [2.24, 2.45) is 4.99 Å². The molecule has 0 unspecified atom stereocenters. The lowest BCUT2D eigenvalue weighted by atomic mass is 10.2. The quantitative estimate of drug-likeness (QED) is 0.461. The van der Waals surface area contributed by atoms with Crippen LogP contribution in [0.4, 0.5) is 8.78 Å². The molecule has 0 saturated heterocycles. The summed E-state index contributed by atoms with van der Waals surface area (Å²) in [6.07, 6.45) is 1.92. The largest absolute Gasteiger partial charge is 0.465 e. The minimum absolute atomic E-state index is 0.00346. The number of hydrogen-bond acceptors (Lipinski definition) is 5. The molecule has 0 aliphatic heterocycles. The number of thioether (sulfide) groups is 1. The third kappa shape index (κ3) is 4.31. The van der Waals surface area contributed by atoms with E-state index in [1.165, 1.54) is 4.57 Å². The summed E-state index contributed by atoms with van der Waals surface area (Å²) < 4.78 is 34.3. The molecule has 0 radical (unpaired) electrons. The maximum atomic E-state index is 14.4. The third-order valence-corrected chi connectivity index (χ3v) is 5.59. The second-order valence-corrected chi connectivity index (χ2v) is 7.54. The second kappa shape index (κ2) is 8.66. The smallest absolute Gasteiger partial charge is 0.326 e. The lowest BCUT2D eigenvalue weighted by Gasteiger charge is -2.06. The molecule has 1 heterocycles. The Morgan fingerprint density at radius 3 is 2.57 bits per heavy atom. The number of fused-ring (bicyclic) bond motifs is 1. The molecular weight excluding hydrogens is 406 g/mol. The number of ether oxygens (including phenoxy) is 1. The number of nitrogens with zero attached hydrogens (tertiary/aromatic N) is 2. The Labute approximate surface area is 167 Å². The zero-order chi connectivity index (χ0) is 20.3. The number of halogens is 2. The highest BCUT2D eigenvalue weighted by atomic mass is 32.2. The molecule has 0 N–H and O–H groups in total. The summed E-state index contributed by atoms with van der Waals surface area (Å²) in [6, 6.07) is 8.73. The molecule has 2 aromatic carbocycles. The van der Waals surface area contributed by atoms with Crippen molar-refractivity contribution in [3.05, 3.63) is 58.4 Å². The molecule has 0 fully saturated rings. The van der Waals surface area contributed by atoms with Crippen LogP contribution in [0.15, 0.2) is 46.3 Å². The van der Waals surface area contributed by atoms with Crippen LogP contribution in [-0.2, 0) is 16.1 Å². The summed E-state index contributed by atoms with van der Waals surface area (Å²) in [5.74, 6) is -2.74. The lowest BCUT2D eigenvalue weighted by molar-refractivity contribution is -0.143. The molecular formula is C19H16F2N2O3S2. The van der Waals surface area contributed by atoms with Gasteiger partial charge in [-0.1, -0.05) is 11.3 Å². The van der Waals surface area contributed by atoms with E-state index in [1.807, 2.05) is 6.26 Å². The minimum Gasteiger partial charge on any atom is -0.465 e. The fraction of sp³-hybridized carbons (Fsp3) is 0.211. The van der Waals surface area contributed by atoms with Crippen LogP contribution >= 0.6 is 23.1 Å². The fourth-order valence-corrected chi connectivity index (χ4v) is 4.06. The number of carbonyl (C=O) groups is 2. The summed E-state index contributed by atoms with van der Waals surface area (Å²) >= 11 is 2.47. The topological polar surface area (TPSA) is 60.7 Å². The summed E-state index contributed by atoms with van der Waals surface area (Å²) in [5.41, 5.74) is 0.355. The molecule has 28 heavy (non-hydrogen) atoms. The highest BCUT2D eigenvalue weighted by Crippen LogP contribution is 2.23. The highest BCUT2D eigenvalue weighted by Gasteiger charge is 2.17. The van der Waals surface area contributed by atoms with Crippen LogP contribution < -0.4 is 4.80 Å². The molecule has 146 valence electrons. The van der Waals surface area contributed by atoms with Crippen molar-refractivity contribution in [3.8, 4) is 0 Å². The van der Waals surface area contributed by atoms with Gasteiger partial charge in [-0.15, -0.1) is 11.8 Å². The summed E-state index contributed by atoms with van der Waals surface area (Å²) in [6.45, 7) is 1.47. The standard InChI is InChI=1S/C19H16F2N2O3S2/c1-3-26-16(24)10-23-17-14(21)8-12(20)9-15(17)28-19(23)22-18(25)11-4-6-13(27-2)7-5-11/h4-9H,3,10H2,1-2H3. The van der Waals surface area contributed by atoms with Crippen molar-refractivity contribution in [2.45, 2.75) is 18.4 Å². The molecule has 0 spiro atoms. The van der Waals surface area contributed by atoms with Crippen LogP contribution in [0.25, 0.3) is 10.2 Å². The summed E-state index contributed by atoms with van der Waals surface area (Å²) in [5, 5.41) is 0. The lowest BCUT2D eigenvalue weighted by Crippen LogP contribution is -2.23. The predicted molar refractivity (Wildman–Crippen MR) is 104 cm³/mol. The first kappa shape index (κ1) is 20.2. The number of esters is 1. The van der Waals surface area contributed by atoms with E-state index >= 15 is 0 Å². The molecule has 3 rings (SSSR count). The predicted octanol–water partition coefficient (Wildman–Crippen LogP) is 4.01. The zero-order valence-corrected chi connectivity index (χ0v) is 16.7. The van der Waals surface area contributed by atoms with Gasteiger partial charge in [-0.2, -0.15) is 4.99 Å². The number of carbonyl (C=O) groups excluding carboxylic acids is 2. The average molecular weight is 422 g/mol. The second-order valence-electron chi connectivity index (χ2n) is 5.66. The van der Waals surface area contributed by atoms with Crippen molar-refractivity contribution < 1.29 is 23.1 Å². The Bertz CT molecular complexity index is 1100. The van der Waals surface area contributed by atoms with Crippen molar-refractivity contribution in [3.63, 3.8) is 0 Å². The molecule has 3 aromatic rings. The van der Waals surface area contributed by atoms with Crippen molar-refractivity contribution in [1.82, 2.24) is 4.57 Å². The molecule has 9 heteroatoms. The average Bonchev–Trinajstić information content (AvgIpc) is 2.98. The van der Waals surface area contributed by atoms with Crippen molar-refractivity contribution in [2.75, 3.05) is 12.9 Å². The summed E-state index contributed by atoms with van der Waals surface area (Å²) in [7, 11) is 0. The zero-order valence-electron chi connectivity index (χ0n) is 15.1. The molecule has 1 aromatic heterocycles. The molecule has 0 aliphatic carbocycles. The number of rotatable bonds is 5. The van der Waals surface area contributed by atoms with Gasteiger partial charge in [0.1, 0.15) is 12.4 Å². The van der Waals surface area contributed by atoms with Gasteiger partial charge in [0.05, 0.1) is 16.8 Å². The Hall–Kier alpha value is -2.52. The monoisotopic (exact) mass is 422 g/mol. The molecule has 0 saturated carbocycles. The Balaban J connectivity index is 2.12. The maximum Gasteiger partial charge on any atom is 0.326 e. The van der Waals surface area contributed by atoms with Gasteiger partial charge < -0.3 is 9.30 Å². The Morgan fingerprint density at radius 2 is 1.93 bits per heavy atom. The van der Waals surface area contributed by atoms with Gasteiger partial charge in [-0.05, 0) is 43.5 Å². The minimum atomic E-state index is -0.839. The van der Waals surface area contributed by atoms with Crippen molar-refractivity contribution in [1.29, 1.82) is 0 Å². The first-order valence-corrected chi connectivity index (χ1v) is 10.3. The van der Waals surface area contributed by atoms with Gasteiger partial charge in [0, 0.05) is 16.5 Å². The van der Waals surface area contributed by atoms with Gasteiger partial charge in [0.2, 0.25) is 0 Å². The summed E-state index contributed by atoms with van der Waals surface area (Å²) in [4.78, 5) is 29.6. The van der Waals surface area contributed by atoms with E-state index in [4.69, 9.17) is 4.74 Å². The highest BCUT2D eigenvalue weighted by molar-refractivity contribution is 7.98. The van der Waals surface area contributed by atoms with E-state index in [9.17, 15) is 18.4 Å². The van der Waals surface area contributed by atoms with Gasteiger partial charge in [-0.25, -0.2) is 8.78 Å². The van der Waals surface area contributed by atoms with Gasteiger partial charge >= 0.3 is 5.97 Å². The van der Waals surface area contributed by atoms with Gasteiger partial charge in [0.25, 0.3) is 5.91 Å². The number of thiazole rings is 1. The van der Waals surface area contributed by atoms with Crippen LogP contribution in [-0.4, -0.2) is 29.3 Å². The number of benzene rings is 2. The maximum absolute atomic E-state index is 14.4. The molecule has 0 atom stereocenters. The van der Waals surface area contributed by atoms with Crippen LogP contribution in [0, 0.1) is 11.6 Å². The first-order valence-electron chi connectivity index (χ1n) is 8.30. The van der Waals surface area contributed by atoms with E-state index in [1.54, 1.807) is 43.0 Å². The van der Waals surface area contributed by atoms with E-state index in [-0.39, 0.29) is 28.2 Å². The molecule has 0 bridgehead atoms. The van der Waals surface area contributed by atoms with Crippen LogP contribution in [0.5, 0.6) is 0 Å².